The normalized spacial score (nSPS) is 17.1. The second-order valence-electron chi connectivity index (χ2n) is 4.96. The fourth-order valence-electron chi connectivity index (χ4n) is 2.15. The van der Waals surface area contributed by atoms with Crippen LogP contribution >= 0.6 is 11.6 Å². The van der Waals surface area contributed by atoms with Crippen LogP contribution in [0, 0.1) is 5.92 Å². The van der Waals surface area contributed by atoms with Crippen molar-refractivity contribution in [2.24, 2.45) is 13.0 Å². The Labute approximate surface area is 111 Å². The Morgan fingerprint density at radius 2 is 2.33 bits per heavy atom. The highest BCUT2D eigenvalue weighted by molar-refractivity contribution is 6.29. The lowest BCUT2D eigenvalue weighted by atomic mass is 10.1. The third-order valence-electron chi connectivity index (χ3n) is 3.54. The number of imidazole rings is 1. The zero-order chi connectivity index (χ0) is 12.7. The molecule has 1 fully saturated rings. The topological polar surface area (TPSA) is 43.0 Å². The molecule has 0 spiro atoms. The number of aliphatic hydroxyl groups excluding tert-OH is 1. The van der Waals surface area contributed by atoms with Gasteiger partial charge in [-0.1, -0.05) is 11.6 Å². The van der Waals surface area contributed by atoms with E-state index < -0.39 is 0 Å². The Bertz CT molecular complexity index is 556. The van der Waals surface area contributed by atoms with E-state index in [2.05, 4.69) is 4.98 Å². The van der Waals surface area contributed by atoms with Crippen LogP contribution in [0.2, 0.25) is 5.15 Å². The summed E-state index contributed by atoms with van der Waals surface area (Å²) in [5.74, 6) is 1.37. The van der Waals surface area contributed by atoms with Gasteiger partial charge in [0.15, 0.2) is 0 Å². The molecule has 0 saturated heterocycles. The van der Waals surface area contributed by atoms with E-state index in [9.17, 15) is 5.11 Å². The van der Waals surface area contributed by atoms with E-state index in [0.717, 1.165) is 24.2 Å². The standard InChI is InChI=1S/C13H16ClN3O/c1-16-11(14)6-15-12(16)8-17-5-4-10(7-17)13(18)9-2-3-9/h4-7,9,13,18H,2-3,8H2,1H3. The summed E-state index contributed by atoms with van der Waals surface area (Å²) in [6, 6.07) is 1.98. The predicted molar refractivity (Wildman–Crippen MR) is 69.4 cm³/mol. The van der Waals surface area contributed by atoms with E-state index >= 15 is 0 Å². The first-order valence-corrected chi connectivity index (χ1v) is 6.53. The van der Waals surface area contributed by atoms with Gasteiger partial charge in [0.25, 0.3) is 0 Å². The van der Waals surface area contributed by atoms with Crippen LogP contribution in [0.3, 0.4) is 0 Å². The van der Waals surface area contributed by atoms with Gasteiger partial charge in [0.05, 0.1) is 18.8 Å². The number of rotatable bonds is 4. The highest BCUT2D eigenvalue weighted by Crippen LogP contribution is 2.40. The van der Waals surface area contributed by atoms with Crippen molar-refractivity contribution in [3.05, 3.63) is 41.2 Å². The second-order valence-corrected chi connectivity index (χ2v) is 5.34. The van der Waals surface area contributed by atoms with Gasteiger partial charge in [-0.2, -0.15) is 0 Å². The summed E-state index contributed by atoms with van der Waals surface area (Å²) in [5.41, 5.74) is 0.998. The lowest BCUT2D eigenvalue weighted by Crippen LogP contribution is -2.05. The van der Waals surface area contributed by atoms with Crippen LogP contribution in [0.5, 0.6) is 0 Å². The Morgan fingerprint density at radius 3 is 2.94 bits per heavy atom. The zero-order valence-electron chi connectivity index (χ0n) is 10.3. The molecule has 3 rings (SSSR count). The van der Waals surface area contributed by atoms with E-state index in [1.165, 1.54) is 0 Å². The first-order chi connectivity index (χ1) is 8.65. The lowest BCUT2D eigenvalue weighted by molar-refractivity contribution is 0.154. The van der Waals surface area contributed by atoms with Crippen molar-refractivity contribution >= 4 is 11.6 Å². The van der Waals surface area contributed by atoms with Crippen molar-refractivity contribution < 1.29 is 5.11 Å². The molecule has 1 aliphatic carbocycles. The summed E-state index contributed by atoms with van der Waals surface area (Å²) in [6.07, 6.45) is 7.59. The van der Waals surface area contributed by atoms with Crippen molar-refractivity contribution in [3.8, 4) is 0 Å². The largest absolute Gasteiger partial charge is 0.388 e. The summed E-state index contributed by atoms with van der Waals surface area (Å²) in [4.78, 5) is 4.26. The smallest absolute Gasteiger partial charge is 0.129 e. The summed E-state index contributed by atoms with van der Waals surface area (Å²) in [6.45, 7) is 0.667. The van der Waals surface area contributed by atoms with Crippen LogP contribution in [-0.2, 0) is 13.6 Å². The average molecular weight is 266 g/mol. The first kappa shape index (κ1) is 11.8. The maximum atomic E-state index is 10.0. The molecule has 1 aliphatic rings. The van der Waals surface area contributed by atoms with Crippen LogP contribution < -0.4 is 0 Å². The van der Waals surface area contributed by atoms with E-state index in [1.807, 2.05) is 34.6 Å². The number of nitrogens with zero attached hydrogens (tertiary/aromatic N) is 3. The van der Waals surface area contributed by atoms with Crippen LogP contribution in [0.25, 0.3) is 0 Å². The fraction of sp³-hybridized carbons (Fsp3) is 0.462. The number of aromatic nitrogens is 3. The molecule has 0 radical (unpaired) electrons. The van der Waals surface area contributed by atoms with Crippen molar-refractivity contribution in [2.75, 3.05) is 0 Å². The Hall–Kier alpha value is -1.26. The van der Waals surface area contributed by atoms with E-state index in [1.54, 1.807) is 6.20 Å². The average Bonchev–Trinajstić information content (AvgIpc) is 3.04. The van der Waals surface area contributed by atoms with E-state index in [0.29, 0.717) is 17.6 Å². The molecule has 0 amide bonds. The highest BCUT2D eigenvalue weighted by atomic mass is 35.5. The second kappa shape index (κ2) is 4.44. The zero-order valence-corrected chi connectivity index (χ0v) is 11.0. The minimum absolute atomic E-state index is 0.309. The molecule has 1 unspecified atom stereocenters. The van der Waals surface area contributed by atoms with Gasteiger partial charge >= 0.3 is 0 Å². The highest BCUT2D eigenvalue weighted by Gasteiger charge is 2.31. The SMILES string of the molecule is Cn1c(Cl)cnc1Cn1ccc(C(O)C2CC2)c1. The predicted octanol–water partition coefficient (Wildman–Crippen LogP) is 2.37. The van der Waals surface area contributed by atoms with Gasteiger partial charge in [0.2, 0.25) is 0 Å². The molecule has 1 N–H and O–H groups in total. The summed E-state index contributed by atoms with van der Waals surface area (Å²) in [5, 5.41) is 10.7. The molecule has 0 aromatic carbocycles. The molecule has 1 saturated carbocycles. The molecule has 0 aliphatic heterocycles. The first-order valence-electron chi connectivity index (χ1n) is 6.15. The van der Waals surface area contributed by atoms with E-state index in [-0.39, 0.29) is 6.10 Å². The molecule has 1 atom stereocenters. The fourth-order valence-corrected chi connectivity index (χ4v) is 2.30. The molecule has 2 aromatic heterocycles. The van der Waals surface area contributed by atoms with Gasteiger partial charge in [-0.3, -0.25) is 0 Å². The van der Waals surface area contributed by atoms with Crippen LogP contribution in [0.1, 0.15) is 30.3 Å². The maximum absolute atomic E-state index is 10.0. The summed E-state index contributed by atoms with van der Waals surface area (Å²) < 4.78 is 3.89. The van der Waals surface area contributed by atoms with Gasteiger partial charge in [0.1, 0.15) is 11.0 Å². The molecular weight excluding hydrogens is 250 g/mol. The van der Waals surface area contributed by atoms with Crippen LogP contribution in [-0.4, -0.2) is 19.2 Å². The molecule has 0 bridgehead atoms. The molecular formula is C13H16ClN3O. The molecule has 18 heavy (non-hydrogen) atoms. The van der Waals surface area contributed by atoms with Crippen molar-refractivity contribution in [1.29, 1.82) is 0 Å². The Kier molecular flexibility index (Phi) is 2.92. The number of hydrogen-bond acceptors (Lipinski definition) is 2. The van der Waals surface area contributed by atoms with Gasteiger partial charge in [0, 0.05) is 19.4 Å². The third-order valence-corrected chi connectivity index (χ3v) is 3.89. The van der Waals surface area contributed by atoms with Crippen LogP contribution in [0.4, 0.5) is 0 Å². The number of halogens is 1. The van der Waals surface area contributed by atoms with Gasteiger partial charge in [-0.25, -0.2) is 4.98 Å². The minimum atomic E-state index is -0.309. The maximum Gasteiger partial charge on any atom is 0.129 e. The van der Waals surface area contributed by atoms with Gasteiger partial charge in [-0.15, -0.1) is 0 Å². The number of hydrogen-bond donors (Lipinski definition) is 1. The van der Waals surface area contributed by atoms with Crippen LogP contribution in [0.15, 0.2) is 24.7 Å². The quantitative estimate of drug-likeness (QED) is 0.922. The van der Waals surface area contributed by atoms with E-state index in [4.69, 9.17) is 11.6 Å². The molecule has 2 heterocycles. The lowest BCUT2D eigenvalue weighted by Gasteiger charge is -2.06. The molecule has 4 nitrogen and oxygen atoms in total. The van der Waals surface area contributed by atoms with Crippen molar-refractivity contribution in [3.63, 3.8) is 0 Å². The Morgan fingerprint density at radius 1 is 1.56 bits per heavy atom. The van der Waals surface area contributed by atoms with Gasteiger partial charge < -0.3 is 14.2 Å². The molecule has 2 aromatic rings. The molecule has 96 valence electrons. The molecule has 5 heteroatoms. The number of aliphatic hydroxyl groups is 1. The van der Waals surface area contributed by atoms with Gasteiger partial charge in [-0.05, 0) is 30.4 Å². The summed E-state index contributed by atoms with van der Waals surface area (Å²) >= 11 is 5.95. The Balaban J connectivity index is 1.75. The monoisotopic (exact) mass is 265 g/mol. The minimum Gasteiger partial charge on any atom is -0.388 e. The summed E-state index contributed by atoms with van der Waals surface area (Å²) in [7, 11) is 1.90. The van der Waals surface area contributed by atoms with Crippen molar-refractivity contribution in [1.82, 2.24) is 14.1 Å². The van der Waals surface area contributed by atoms with Crippen molar-refractivity contribution in [2.45, 2.75) is 25.5 Å². The third kappa shape index (κ3) is 2.18.